The molecule has 1 atom stereocenters. The van der Waals surface area contributed by atoms with E-state index >= 15 is 0 Å². The molecule has 8 nitrogen and oxygen atoms in total. The van der Waals surface area contributed by atoms with Crippen LogP contribution >= 0.6 is 7.82 Å². The summed E-state index contributed by atoms with van der Waals surface area (Å²) in [5.74, 6) is -0.927. The molecule has 2 N–H and O–H groups in total. The van der Waals surface area contributed by atoms with Crippen LogP contribution in [-0.2, 0) is 28.2 Å². The Morgan fingerprint density at radius 2 is 0.978 bits per heavy atom. The van der Waals surface area contributed by atoms with E-state index in [-0.39, 0.29) is 19.4 Å². The number of rotatable bonds is 32. The molecule has 0 aliphatic heterocycles. The number of ether oxygens (including phenoxy) is 2. The van der Waals surface area contributed by atoms with Gasteiger partial charge in [-0.2, -0.15) is 0 Å². The fourth-order valence-electron chi connectivity index (χ4n) is 4.65. The summed E-state index contributed by atoms with van der Waals surface area (Å²) in [7, 11) is -4.75. The van der Waals surface area contributed by atoms with E-state index in [2.05, 4.69) is 67.0 Å². The monoisotopic (exact) mass is 668 g/mol. The van der Waals surface area contributed by atoms with Crippen LogP contribution in [0, 0.1) is 0 Å². The summed E-state index contributed by atoms with van der Waals surface area (Å²) < 4.78 is 26.2. The van der Waals surface area contributed by atoms with Gasteiger partial charge in [-0.15, -0.1) is 0 Å². The van der Waals surface area contributed by atoms with Crippen LogP contribution in [0.2, 0.25) is 0 Å². The van der Waals surface area contributed by atoms with Crippen LogP contribution < -0.4 is 0 Å². The maximum Gasteiger partial charge on any atom is 0.469 e. The van der Waals surface area contributed by atoms with Crippen molar-refractivity contribution in [2.45, 2.75) is 161 Å². The molecule has 0 saturated heterocycles. The number of phosphoric ester groups is 1. The molecule has 0 spiro atoms. The van der Waals surface area contributed by atoms with Gasteiger partial charge < -0.3 is 19.3 Å². The molecule has 0 aromatic rings. The molecule has 0 unspecified atom stereocenters. The first-order chi connectivity index (χ1) is 22.3. The number of allylic oxidation sites excluding steroid dienone is 8. The molecule has 0 fully saturated rings. The van der Waals surface area contributed by atoms with Gasteiger partial charge in [0.25, 0.3) is 0 Å². The zero-order chi connectivity index (χ0) is 34.0. The fourth-order valence-corrected chi connectivity index (χ4v) is 5.01. The van der Waals surface area contributed by atoms with Gasteiger partial charge in [0, 0.05) is 12.8 Å². The molecule has 0 radical (unpaired) electrons. The highest BCUT2D eigenvalue weighted by atomic mass is 31.2. The first kappa shape index (κ1) is 44.0. The van der Waals surface area contributed by atoms with E-state index in [0.29, 0.717) is 6.42 Å². The van der Waals surface area contributed by atoms with Gasteiger partial charge in [-0.1, -0.05) is 133 Å². The number of unbranched alkanes of at least 4 members (excludes halogenated alkanes) is 14. The van der Waals surface area contributed by atoms with Gasteiger partial charge in [0.1, 0.15) is 6.61 Å². The Labute approximate surface area is 280 Å². The van der Waals surface area contributed by atoms with Gasteiger partial charge in [-0.05, 0) is 57.8 Å². The second kappa shape index (κ2) is 32.9. The highest BCUT2D eigenvalue weighted by Gasteiger charge is 2.22. The SMILES string of the molecule is CCCCC/C=C\C/C=C\C/C=C\C/C=C\CCCCCC(=O)O[C@H](COC(=O)CCCCCCCCCCC)COP(=O)(O)O. The second-order valence-electron chi connectivity index (χ2n) is 11.8. The maximum absolute atomic E-state index is 12.3. The molecule has 266 valence electrons. The minimum absolute atomic E-state index is 0.174. The summed E-state index contributed by atoms with van der Waals surface area (Å²) in [6.07, 6.45) is 38.4. The molecule has 0 amide bonds. The lowest BCUT2D eigenvalue weighted by Gasteiger charge is -2.18. The molecular formula is C37H65O8P. The molecular weight excluding hydrogens is 603 g/mol. The van der Waals surface area contributed by atoms with Gasteiger partial charge in [0.2, 0.25) is 0 Å². The Balaban J connectivity index is 4.06. The molecule has 9 heteroatoms. The summed E-state index contributed by atoms with van der Waals surface area (Å²) in [4.78, 5) is 42.5. The van der Waals surface area contributed by atoms with Crippen LogP contribution in [0.15, 0.2) is 48.6 Å². The van der Waals surface area contributed by atoms with Gasteiger partial charge in [-0.25, -0.2) is 4.57 Å². The van der Waals surface area contributed by atoms with Crippen molar-refractivity contribution < 1.29 is 37.9 Å². The van der Waals surface area contributed by atoms with Crippen molar-refractivity contribution >= 4 is 19.8 Å². The number of esters is 2. The number of hydrogen-bond acceptors (Lipinski definition) is 6. The maximum atomic E-state index is 12.3. The van der Waals surface area contributed by atoms with Crippen LogP contribution in [0.1, 0.15) is 155 Å². The normalized spacial score (nSPS) is 13.0. The highest BCUT2D eigenvalue weighted by molar-refractivity contribution is 7.46. The Hall–Kier alpha value is -1.99. The van der Waals surface area contributed by atoms with Crippen LogP contribution in [0.5, 0.6) is 0 Å². The van der Waals surface area contributed by atoms with Crippen LogP contribution in [0.4, 0.5) is 0 Å². The quantitative estimate of drug-likeness (QED) is 0.0315. The van der Waals surface area contributed by atoms with Crippen LogP contribution in [0.25, 0.3) is 0 Å². The van der Waals surface area contributed by atoms with Crippen molar-refractivity contribution in [2.75, 3.05) is 13.2 Å². The predicted molar refractivity (Wildman–Crippen MR) is 188 cm³/mol. The van der Waals surface area contributed by atoms with E-state index in [4.69, 9.17) is 19.3 Å². The van der Waals surface area contributed by atoms with Crippen molar-refractivity contribution in [3.05, 3.63) is 48.6 Å². The van der Waals surface area contributed by atoms with E-state index in [9.17, 15) is 14.2 Å². The van der Waals surface area contributed by atoms with Gasteiger partial charge in [-0.3, -0.25) is 14.1 Å². The molecule has 0 rings (SSSR count). The van der Waals surface area contributed by atoms with Crippen LogP contribution in [0.3, 0.4) is 0 Å². The topological polar surface area (TPSA) is 119 Å². The van der Waals surface area contributed by atoms with Crippen molar-refractivity contribution in [3.8, 4) is 0 Å². The molecule has 46 heavy (non-hydrogen) atoms. The third-order valence-electron chi connectivity index (χ3n) is 7.35. The van der Waals surface area contributed by atoms with E-state index in [1.807, 2.05) is 0 Å². The Bertz CT molecular complexity index is 890. The smallest absolute Gasteiger partial charge is 0.462 e. The van der Waals surface area contributed by atoms with E-state index in [0.717, 1.165) is 57.8 Å². The summed E-state index contributed by atoms with van der Waals surface area (Å²) in [6, 6.07) is 0. The van der Waals surface area contributed by atoms with Crippen molar-refractivity contribution in [1.82, 2.24) is 0 Å². The van der Waals surface area contributed by atoms with Crippen molar-refractivity contribution in [2.24, 2.45) is 0 Å². The highest BCUT2D eigenvalue weighted by Crippen LogP contribution is 2.35. The number of carbonyl (C=O) groups excluding carboxylic acids is 2. The summed E-state index contributed by atoms with van der Waals surface area (Å²) >= 11 is 0. The molecule has 0 heterocycles. The minimum Gasteiger partial charge on any atom is -0.462 e. The summed E-state index contributed by atoms with van der Waals surface area (Å²) in [5, 5.41) is 0. The molecule has 0 bridgehead atoms. The van der Waals surface area contributed by atoms with Gasteiger partial charge in [0.05, 0.1) is 6.61 Å². The molecule has 0 aliphatic carbocycles. The lowest BCUT2D eigenvalue weighted by atomic mass is 10.1. The molecule has 0 aromatic heterocycles. The number of carbonyl (C=O) groups is 2. The Morgan fingerprint density at radius 3 is 1.50 bits per heavy atom. The van der Waals surface area contributed by atoms with Gasteiger partial charge in [0.15, 0.2) is 6.10 Å². The zero-order valence-corrected chi connectivity index (χ0v) is 29.9. The first-order valence-electron chi connectivity index (χ1n) is 17.9. The first-order valence-corrected chi connectivity index (χ1v) is 19.5. The Kier molecular flexibility index (Phi) is 31.5. The fraction of sp³-hybridized carbons (Fsp3) is 0.730. The van der Waals surface area contributed by atoms with Gasteiger partial charge >= 0.3 is 19.8 Å². The zero-order valence-electron chi connectivity index (χ0n) is 29.0. The van der Waals surface area contributed by atoms with E-state index in [1.54, 1.807) is 0 Å². The van der Waals surface area contributed by atoms with E-state index < -0.39 is 32.5 Å². The number of hydrogen-bond donors (Lipinski definition) is 2. The molecule has 0 aliphatic rings. The van der Waals surface area contributed by atoms with Crippen molar-refractivity contribution in [3.63, 3.8) is 0 Å². The van der Waals surface area contributed by atoms with Crippen LogP contribution in [-0.4, -0.2) is 41.0 Å². The largest absolute Gasteiger partial charge is 0.469 e. The average Bonchev–Trinajstić information content (AvgIpc) is 3.02. The summed E-state index contributed by atoms with van der Waals surface area (Å²) in [5.41, 5.74) is 0. The lowest BCUT2D eigenvalue weighted by Crippen LogP contribution is -2.29. The third-order valence-corrected chi connectivity index (χ3v) is 7.84. The summed E-state index contributed by atoms with van der Waals surface area (Å²) in [6.45, 7) is 3.58. The third kappa shape index (κ3) is 34.9. The Morgan fingerprint density at radius 1 is 0.565 bits per heavy atom. The molecule has 0 aromatic carbocycles. The standard InChI is InChI=1S/C37H65O8P/c1-3-5-7-9-11-13-14-15-16-17-18-19-20-21-22-24-26-28-30-32-37(39)45-35(34-44-46(40,41)42)33-43-36(38)31-29-27-25-23-12-10-8-6-4-2/h11,13,15-16,18-19,21-22,35H,3-10,12,14,17,20,23-34H2,1-2H3,(H2,40,41,42)/b13-11-,16-15-,19-18-,22-21-/t35-/m1/s1. The minimum atomic E-state index is -4.75. The predicted octanol–water partition coefficient (Wildman–Crippen LogP) is 10.4. The molecule has 0 saturated carbocycles. The van der Waals surface area contributed by atoms with Crippen molar-refractivity contribution in [1.29, 1.82) is 0 Å². The number of phosphoric acid groups is 1. The second-order valence-corrected chi connectivity index (χ2v) is 13.1. The average molecular weight is 669 g/mol. The lowest BCUT2D eigenvalue weighted by molar-refractivity contribution is -0.161. The van der Waals surface area contributed by atoms with E-state index in [1.165, 1.54) is 64.2 Å².